The lowest BCUT2D eigenvalue weighted by molar-refractivity contribution is 0.183. The van der Waals surface area contributed by atoms with E-state index in [1.54, 1.807) is 0 Å². The molecule has 0 aliphatic heterocycles. The Balaban J connectivity index is 2.79. The highest BCUT2D eigenvalue weighted by Gasteiger charge is 2.21. The molecular weight excluding hydrogens is 276 g/mol. The molecular formula is C18H34N2S. The number of hydrogen-bond donors (Lipinski definition) is 1. The highest BCUT2D eigenvalue weighted by Crippen LogP contribution is 2.28. The summed E-state index contributed by atoms with van der Waals surface area (Å²) in [6.07, 6.45) is 3.63. The second kappa shape index (κ2) is 9.60. The first-order chi connectivity index (χ1) is 9.97. The van der Waals surface area contributed by atoms with Crippen LogP contribution >= 0.6 is 11.3 Å². The molecule has 122 valence electrons. The Labute approximate surface area is 135 Å². The van der Waals surface area contributed by atoms with E-state index in [2.05, 4.69) is 51.7 Å². The quantitative estimate of drug-likeness (QED) is 0.678. The first-order valence-electron chi connectivity index (χ1n) is 8.50. The average molecular weight is 311 g/mol. The summed E-state index contributed by atoms with van der Waals surface area (Å²) in [7, 11) is 0. The van der Waals surface area contributed by atoms with Crippen molar-refractivity contribution in [3.05, 3.63) is 21.9 Å². The Kier molecular flexibility index (Phi) is 8.53. The van der Waals surface area contributed by atoms with Gasteiger partial charge in [0.1, 0.15) is 0 Å². The fraction of sp³-hybridized carbons (Fsp3) is 0.778. The van der Waals surface area contributed by atoms with E-state index in [9.17, 15) is 0 Å². The maximum absolute atomic E-state index is 6.13. The Morgan fingerprint density at radius 2 is 1.62 bits per heavy atom. The zero-order chi connectivity index (χ0) is 15.8. The molecule has 1 rings (SSSR count). The van der Waals surface area contributed by atoms with Crippen LogP contribution in [-0.4, -0.2) is 24.5 Å². The monoisotopic (exact) mass is 310 g/mol. The summed E-state index contributed by atoms with van der Waals surface area (Å²) in [5.41, 5.74) is 6.13. The third-order valence-corrected chi connectivity index (χ3v) is 5.34. The van der Waals surface area contributed by atoms with Gasteiger partial charge in [-0.2, -0.15) is 0 Å². The lowest BCUT2D eigenvalue weighted by Gasteiger charge is -2.31. The van der Waals surface area contributed by atoms with Crippen LogP contribution < -0.4 is 5.73 Å². The maximum Gasteiger partial charge on any atom is 0.0564 e. The first kappa shape index (κ1) is 18.7. The minimum atomic E-state index is 0.396. The van der Waals surface area contributed by atoms with Gasteiger partial charge in [-0.05, 0) is 56.3 Å². The highest BCUT2D eigenvalue weighted by atomic mass is 32.1. The van der Waals surface area contributed by atoms with Crippen LogP contribution in [0.1, 0.15) is 63.3 Å². The molecule has 0 aliphatic carbocycles. The molecule has 0 radical (unpaired) electrons. The largest absolute Gasteiger partial charge is 0.329 e. The van der Waals surface area contributed by atoms with Crippen molar-refractivity contribution in [2.75, 3.05) is 19.6 Å². The summed E-state index contributed by atoms with van der Waals surface area (Å²) < 4.78 is 0. The van der Waals surface area contributed by atoms with E-state index in [0.29, 0.717) is 6.04 Å². The van der Waals surface area contributed by atoms with E-state index >= 15 is 0 Å². The molecule has 0 fully saturated rings. The molecule has 1 aromatic rings. The molecule has 2 nitrogen and oxygen atoms in total. The van der Waals surface area contributed by atoms with Crippen LogP contribution in [0.3, 0.4) is 0 Å². The van der Waals surface area contributed by atoms with E-state index in [4.69, 9.17) is 5.73 Å². The number of thiophene rings is 1. The van der Waals surface area contributed by atoms with E-state index in [1.165, 1.54) is 22.6 Å². The third kappa shape index (κ3) is 6.50. The van der Waals surface area contributed by atoms with Crippen LogP contribution in [0.5, 0.6) is 0 Å². The predicted octanol–water partition coefficient (Wildman–Crippen LogP) is 4.70. The lowest BCUT2D eigenvalue weighted by Crippen LogP contribution is -2.35. The van der Waals surface area contributed by atoms with Gasteiger partial charge in [-0.1, -0.05) is 34.6 Å². The summed E-state index contributed by atoms with van der Waals surface area (Å²) in [5, 5.41) is 0. The van der Waals surface area contributed by atoms with E-state index < -0.39 is 0 Å². The van der Waals surface area contributed by atoms with Gasteiger partial charge >= 0.3 is 0 Å². The van der Waals surface area contributed by atoms with Crippen LogP contribution in [0.25, 0.3) is 0 Å². The molecule has 0 aliphatic rings. The second-order valence-electron chi connectivity index (χ2n) is 6.81. The molecule has 0 amide bonds. The van der Waals surface area contributed by atoms with Crippen molar-refractivity contribution >= 4 is 11.3 Å². The molecule has 1 atom stereocenters. The summed E-state index contributed by atoms with van der Waals surface area (Å²) in [5.74, 6) is 1.50. The summed E-state index contributed by atoms with van der Waals surface area (Å²) >= 11 is 1.94. The standard InChI is InChI=1S/C18H34N2S/c1-6-16-7-8-18(21-16)17(13-19)20(11-9-14(2)3)12-10-15(4)5/h7-8,14-15,17H,6,9-13,19H2,1-5H3. The van der Waals surface area contributed by atoms with Gasteiger partial charge in [0.25, 0.3) is 0 Å². The molecule has 2 N–H and O–H groups in total. The fourth-order valence-electron chi connectivity index (χ4n) is 2.48. The highest BCUT2D eigenvalue weighted by molar-refractivity contribution is 7.12. The van der Waals surface area contributed by atoms with Crippen LogP contribution in [0.4, 0.5) is 0 Å². The van der Waals surface area contributed by atoms with E-state index in [-0.39, 0.29) is 0 Å². The average Bonchev–Trinajstić information content (AvgIpc) is 2.90. The maximum atomic E-state index is 6.13. The van der Waals surface area contributed by atoms with Gasteiger partial charge < -0.3 is 5.73 Å². The normalized spacial score (nSPS) is 13.6. The topological polar surface area (TPSA) is 29.3 Å². The predicted molar refractivity (Wildman–Crippen MR) is 96.0 cm³/mol. The van der Waals surface area contributed by atoms with Crippen LogP contribution in [0, 0.1) is 11.8 Å². The summed E-state index contributed by atoms with van der Waals surface area (Å²) in [4.78, 5) is 5.53. The molecule has 3 heteroatoms. The van der Waals surface area contributed by atoms with Gasteiger partial charge in [0.05, 0.1) is 6.04 Å². The Bertz CT molecular complexity index is 372. The van der Waals surface area contributed by atoms with Crippen LogP contribution in [-0.2, 0) is 6.42 Å². The second-order valence-corrected chi connectivity index (χ2v) is 8.01. The van der Waals surface area contributed by atoms with Crippen molar-refractivity contribution in [2.24, 2.45) is 17.6 Å². The van der Waals surface area contributed by atoms with E-state index in [1.807, 2.05) is 11.3 Å². The summed E-state index contributed by atoms with van der Waals surface area (Å²) in [6.45, 7) is 14.5. The van der Waals surface area contributed by atoms with Gasteiger partial charge in [-0.15, -0.1) is 11.3 Å². The molecule has 1 aromatic heterocycles. The molecule has 0 bridgehead atoms. The number of nitrogens with zero attached hydrogens (tertiary/aromatic N) is 1. The van der Waals surface area contributed by atoms with Gasteiger partial charge in [-0.25, -0.2) is 0 Å². The van der Waals surface area contributed by atoms with E-state index in [0.717, 1.165) is 37.9 Å². The van der Waals surface area contributed by atoms with Crippen LogP contribution in [0.2, 0.25) is 0 Å². The molecule has 1 heterocycles. The minimum Gasteiger partial charge on any atom is -0.329 e. The Morgan fingerprint density at radius 1 is 1.05 bits per heavy atom. The van der Waals surface area contributed by atoms with Gasteiger partial charge in [-0.3, -0.25) is 4.90 Å². The van der Waals surface area contributed by atoms with Gasteiger partial charge in [0, 0.05) is 16.3 Å². The van der Waals surface area contributed by atoms with Crippen molar-refractivity contribution in [1.82, 2.24) is 4.90 Å². The molecule has 0 saturated carbocycles. The first-order valence-corrected chi connectivity index (χ1v) is 9.32. The summed E-state index contributed by atoms with van der Waals surface area (Å²) in [6, 6.07) is 4.96. The number of hydrogen-bond acceptors (Lipinski definition) is 3. The fourth-order valence-corrected chi connectivity index (χ4v) is 3.58. The number of nitrogens with two attached hydrogens (primary N) is 1. The number of rotatable bonds is 10. The van der Waals surface area contributed by atoms with Gasteiger partial charge in [0.15, 0.2) is 0 Å². The van der Waals surface area contributed by atoms with Crippen molar-refractivity contribution < 1.29 is 0 Å². The zero-order valence-electron chi connectivity index (χ0n) is 14.6. The minimum absolute atomic E-state index is 0.396. The van der Waals surface area contributed by atoms with Crippen LogP contribution in [0.15, 0.2) is 12.1 Å². The molecule has 21 heavy (non-hydrogen) atoms. The number of aryl methyl sites for hydroxylation is 1. The van der Waals surface area contributed by atoms with Crippen molar-refractivity contribution in [1.29, 1.82) is 0 Å². The Hall–Kier alpha value is -0.380. The zero-order valence-corrected chi connectivity index (χ0v) is 15.4. The van der Waals surface area contributed by atoms with Crippen molar-refractivity contribution in [3.8, 4) is 0 Å². The van der Waals surface area contributed by atoms with Crippen molar-refractivity contribution in [2.45, 2.75) is 59.9 Å². The van der Waals surface area contributed by atoms with Gasteiger partial charge in [0.2, 0.25) is 0 Å². The van der Waals surface area contributed by atoms with Crippen molar-refractivity contribution in [3.63, 3.8) is 0 Å². The Morgan fingerprint density at radius 3 is 2.00 bits per heavy atom. The third-order valence-electron chi connectivity index (χ3n) is 4.01. The molecule has 1 unspecified atom stereocenters. The smallest absolute Gasteiger partial charge is 0.0564 e. The molecule has 0 saturated heterocycles. The lowest BCUT2D eigenvalue weighted by atomic mass is 10.1. The molecule has 0 aromatic carbocycles. The SMILES string of the molecule is CCc1ccc(C(CN)N(CCC(C)C)CCC(C)C)s1. The molecule has 0 spiro atoms.